The van der Waals surface area contributed by atoms with E-state index in [2.05, 4.69) is 4.98 Å². The Hall–Kier alpha value is -0.740. The van der Waals surface area contributed by atoms with Gasteiger partial charge in [-0.2, -0.15) is 0 Å². The Morgan fingerprint density at radius 3 is 2.92 bits per heavy atom. The summed E-state index contributed by atoms with van der Waals surface area (Å²) < 4.78 is 0. The fourth-order valence-corrected chi connectivity index (χ4v) is 1.68. The van der Waals surface area contributed by atoms with Gasteiger partial charge in [-0.05, 0) is 12.3 Å². The standard InChI is InChI=1S/C7H8ClN3S/c1-12-7-5(8)4(6(9)10)2-3-11-7/h2-3H,1H3,(H3,9,10). The molecular weight excluding hydrogens is 194 g/mol. The second-order valence-electron chi connectivity index (χ2n) is 2.10. The Morgan fingerprint density at radius 1 is 1.75 bits per heavy atom. The van der Waals surface area contributed by atoms with Crippen LogP contribution < -0.4 is 5.73 Å². The molecule has 0 amide bonds. The molecule has 64 valence electrons. The maximum Gasteiger partial charge on any atom is 0.124 e. The van der Waals surface area contributed by atoms with E-state index in [0.717, 1.165) is 0 Å². The van der Waals surface area contributed by atoms with Crippen LogP contribution in [0.1, 0.15) is 5.56 Å². The average Bonchev–Trinajstić information content (AvgIpc) is 2.04. The summed E-state index contributed by atoms with van der Waals surface area (Å²) in [6.07, 6.45) is 3.46. The molecule has 1 aromatic rings. The van der Waals surface area contributed by atoms with Gasteiger partial charge < -0.3 is 5.73 Å². The van der Waals surface area contributed by atoms with Crippen molar-refractivity contribution in [2.24, 2.45) is 5.73 Å². The molecular formula is C7H8ClN3S. The van der Waals surface area contributed by atoms with Gasteiger partial charge in [0, 0.05) is 11.8 Å². The number of aromatic nitrogens is 1. The summed E-state index contributed by atoms with van der Waals surface area (Å²) >= 11 is 7.33. The van der Waals surface area contributed by atoms with E-state index in [1.165, 1.54) is 11.8 Å². The minimum absolute atomic E-state index is 0.0299. The lowest BCUT2D eigenvalue weighted by Gasteiger charge is -2.03. The van der Waals surface area contributed by atoms with Crippen LogP contribution in [0.5, 0.6) is 0 Å². The second-order valence-corrected chi connectivity index (χ2v) is 3.27. The van der Waals surface area contributed by atoms with Gasteiger partial charge in [-0.1, -0.05) is 11.6 Å². The second kappa shape index (κ2) is 3.78. The SMILES string of the molecule is CSc1nccc(C(=N)N)c1Cl. The largest absolute Gasteiger partial charge is 0.384 e. The molecule has 0 aliphatic heterocycles. The Morgan fingerprint density at radius 2 is 2.42 bits per heavy atom. The third kappa shape index (κ3) is 1.70. The molecule has 0 atom stereocenters. The highest BCUT2D eigenvalue weighted by Gasteiger charge is 2.07. The molecule has 3 nitrogen and oxygen atoms in total. The van der Waals surface area contributed by atoms with Gasteiger partial charge >= 0.3 is 0 Å². The van der Waals surface area contributed by atoms with Crippen molar-refractivity contribution >= 4 is 29.2 Å². The summed E-state index contributed by atoms with van der Waals surface area (Å²) in [6.45, 7) is 0. The van der Waals surface area contributed by atoms with Crippen molar-refractivity contribution in [3.05, 3.63) is 22.8 Å². The first kappa shape index (κ1) is 9.35. The Bertz CT molecular complexity index is 314. The number of hydrogen-bond acceptors (Lipinski definition) is 3. The molecule has 0 saturated heterocycles. The molecule has 1 aromatic heterocycles. The van der Waals surface area contributed by atoms with E-state index in [4.69, 9.17) is 22.7 Å². The van der Waals surface area contributed by atoms with Gasteiger partial charge in [-0.15, -0.1) is 11.8 Å². The summed E-state index contributed by atoms with van der Waals surface area (Å²) in [6, 6.07) is 1.63. The average molecular weight is 202 g/mol. The van der Waals surface area contributed by atoms with Crippen LogP contribution in [0.3, 0.4) is 0 Å². The molecule has 1 rings (SSSR count). The number of rotatable bonds is 2. The minimum Gasteiger partial charge on any atom is -0.384 e. The Labute approximate surface area is 79.8 Å². The number of amidine groups is 1. The van der Waals surface area contributed by atoms with E-state index in [1.807, 2.05) is 6.26 Å². The molecule has 0 spiro atoms. The van der Waals surface area contributed by atoms with Gasteiger partial charge in [0.15, 0.2) is 0 Å². The summed E-state index contributed by atoms with van der Waals surface area (Å²) in [5, 5.41) is 8.36. The normalized spacial score (nSPS) is 9.83. The van der Waals surface area contributed by atoms with Crippen molar-refractivity contribution in [1.29, 1.82) is 5.41 Å². The first-order valence-electron chi connectivity index (χ1n) is 3.19. The van der Waals surface area contributed by atoms with Gasteiger partial charge in [0.05, 0.1) is 5.02 Å². The smallest absolute Gasteiger partial charge is 0.124 e. The van der Waals surface area contributed by atoms with Crippen LogP contribution in [0.15, 0.2) is 17.3 Å². The monoisotopic (exact) mass is 201 g/mol. The number of pyridine rings is 1. The number of nitrogens with one attached hydrogen (secondary N) is 1. The molecule has 0 aromatic carbocycles. The first-order chi connectivity index (χ1) is 5.66. The van der Waals surface area contributed by atoms with Gasteiger partial charge in [-0.25, -0.2) is 4.98 Å². The van der Waals surface area contributed by atoms with Gasteiger partial charge in [0.25, 0.3) is 0 Å². The van der Waals surface area contributed by atoms with E-state index in [9.17, 15) is 0 Å². The van der Waals surface area contributed by atoms with Crippen molar-refractivity contribution in [1.82, 2.24) is 4.98 Å². The van der Waals surface area contributed by atoms with E-state index in [0.29, 0.717) is 15.6 Å². The lowest BCUT2D eigenvalue weighted by Crippen LogP contribution is -2.12. The van der Waals surface area contributed by atoms with Gasteiger partial charge in [0.2, 0.25) is 0 Å². The third-order valence-corrected chi connectivity index (χ3v) is 2.53. The number of thioether (sulfide) groups is 1. The number of nitrogen functional groups attached to an aromatic ring is 1. The number of nitrogens with zero attached hydrogens (tertiary/aromatic N) is 1. The van der Waals surface area contributed by atoms with Crippen LogP contribution in [-0.2, 0) is 0 Å². The first-order valence-corrected chi connectivity index (χ1v) is 4.80. The van der Waals surface area contributed by atoms with Crippen LogP contribution in [0, 0.1) is 5.41 Å². The molecule has 3 N–H and O–H groups in total. The van der Waals surface area contributed by atoms with E-state index in [-0.39, 0.29) is 5.84 Å². The van der Waals surface area contributed by atoms with Crippen LogP contribution in [0.25, 0.3) is 0 Å². The van der Waals surface area contributed by atoms with Crippen LogP contribution in [0.2, 0.25) is 5.02 Å². The maximum atomic E-state index is 7.20. The molecule has 0 aliphatic rings. The fourth-order valence-electron chi connectivity index (χ4n) is 0.775. The Kier molecular flexibility index (Phi) is 2.94. The zero-order chi connectivity index (χ0) is 9.14. The van der Waals surface area contributed by atoms with E-state index < -0.39 is 0 Å². The van der Waals surface area contributed by atoms with Crippen molar-refractivity contribution < 1.29 is 0 Å². The predicted molar refractivity (Wildman–Crippen MR) is 52.0 cm³/mol. The fraction of sp³-hybridized carbons (Fsp3) is 0.143. The molecule has 0 bridgehead atoms. The highest BCUT2D eigenvalue weighted by atomic mass is 35.5. The zero-order valence-electron chi connectivity index (χ0n) is 6.47. The zero-order valence-corrected chi connectivity index (χ0v) is 8.04. The van der Waals surface area contributed by atoms with Crippen LogP contribution in [0.4, 0.5) is 0 Å². The molecule has 0 unspecified atom stereocenters. The molecule has 0 fully saturated rings. The number of hydrogen-bond donors (Lipinski definition) is 2. The maximum absolute atomic E-state index is 7.20. The van der Waals surface area contributed by atoms with Crippen molar-refractivity contribution in [2.75, 3.05) is 6.26 Å². The summed E-state index contributed by atoms with van der Waals surface area (Å²) in [4.78, 5) is 4.02. The van der Waals surface area contributed by atoms with Gasteiger partial charge in [0.1, 0.15) is 10.9 Å². The molecule has 12 heavy (non-hydrogen) atoms. The minimum atomic E-state index is -0.0299. The van der Waals surface area contributed by atoms with E-state index >= 15 is 0 Å². The quantitative estimate of drug-likeness (QED) is 0.435. The molecule has 0 radical (unpaired) electrons. The Balaban J connectivity index is 3.23. The van der Waals surface area contributed by atoms with Crippen LogP contribution in [-0.4, -0.2) is 17.1 Å². The summed E-state index contributed by atoms with van der Waals surface area (Å²) in [5.74, 6) is -0.0299. The highest BCUT2D eigenvalue weighted by molar-refractivity contribution is 7.98. The molecule has 1 heterocycles. The van der Waals surface area contributed by atoms with Gasteiger partial charge in [-0.3, -0.25) is 5.41 Å². The highest BCUT2D eigenvalue weighted by Crippen LogP contribution is 2.25. The molecule has 0 aliphatic carbocycles. The van der Waals surface area contributed by atoms with Crippen molar-refractivity contribution in [3.63, 3.8) is 0 Å². The predicted octanol–water partition coefficient (Wildman–Crippen LogP) is 1.74. The van der Waals surface area contributed by atoms with Crippen molar-refractivity contribution in [2.45, 2.75) is 5.03 Å². The number of halogens is 1. The third-order valence-electron chi connectivity index (χ3n) is 1.34. The lowest BCUT2D eigenvalue weighted by atomic mass is 10.2. The van der Waals surface area contributed by atoms with E-state index in [1.54, 1.807) is 12.3 Å². The van der Waals surface area contributed by atoms with Crippen LogP contribution >= 0.6 is 23.4 Å². The summed E-state index contributed by atoms with van der Waals surface area (Å²) in [7, 11) is 0. The van der Waals surface area contributed by atoms with Crippen molar-refractivity contribution in [3.8, 4) is 0 Å². The molecule has 5 heteroatoms. The number of nitrogens with two attached hydrogens (primary N) is 1. The molecule has 0 saturated carbocycles. The topological polar surface area (TPSA) is 62.8 Å². The summed E-state index contributed by atoms with van der Waals surface area (Å²) in [5.41, 5.74) is 5.84. The lowest BCUT2D eigenvalue weighted by molar-refractivity contribution is 1.13.